The van der Waals surface area contributed by atoms with Crippen molar-refractivity contribution in [3.8, 4) is 23.1 Å². The van der Waals surface area contributed by atoms with Gasteiger partial charge in [-0.2, -0.15) is 0 Å². The molecule has 34 heavy (non-hydrogen) atoms. The van der Waals surface area contributed by atoms with Crippen molar-refractivity contribution in [2.75, 3.05) is 7.11 Å². The molecular formula is C25H27ClN6O2. The standard InChI is InChI=1S/C25H27ClN6O2/c1-15-13-31(14-27-15)21-10-9-20(28-25(21)34-3)23-29-24-18(7-5-11-32(24)30-23)22-17(12-16(2)33)6-4-8-19(22)26/h4,6,8-10,13-14,16,18,33H,5,7,11-12H2,1-3H3. The summed E-state index contributed by atoms with van der Waals surface area (Å²) in [5.41, 5.74) is 4.43. The molecular weight excluding hydrogens is 452 g/mol. The van der Waals surface area contributed by atoms with Crippen molar-refractivity contribution >= 4 is 11.6 Å². The second-order valence-electron chi connectivity index (χ2n) is 8.72. The van der Waals surface area contributed by atoms with Crippen LogP contribution in [0.25, 0.3) is 17.2 Å². The maximum absolute atomic E-state index is 10.0. The molecule has 1 N–H and O–H groups in total. The highest BCUT2D eigenvalue weighted by atomic mass is 35.5. The number of aryl methyl sites for hydroxylation is 2. The van der Waals surface area contributed by atoms with Crippen LogP contribution in [0.3, 0.4) is 0 Å². The molecule has 4 aromatic rings. The number of imidazole rings is 1. The molecule has 0 saturated carbocycles. The molecule has 1 aliphatic rings. The van der Waals surface area contributed by atoms with E-state index in [0.717, 1.165) is 47.7 Å². The number of rotatable bonds is 6. The summed E-state index contributed by atoms with van der Waals surface area (Å²) in [7, 11) is 1.60. The molecule has 2 atom stereocenters. The van der Waals surface area contributed by atoms with Gasteiger partial charge in [-0.3, -0.25) is 0 Å². The third-order valence-corrected chi connectivity index (χ3v) is 6.46. The molecule has 1 aromatic carbocycles. The zero-order chi connectivity index (χ0) is 23.8. The zero-order valence-corrected chi connectivity index (χ0v) is 20.2. The van der Waals surface area contributed by atoms with Crippen molar-refractivity contribution in [3.63, 3.8) is 0 Å². The fraction of sp³-hybridized carbons (Fsp3) is 0.360. The Morgan fingerprint density at radius 2 is 2.09 bits per heavy atom. The summed E-state index contributed by atoms with van der Waals surface area (Å²) in [5, 5.41) is 15.5. The number of nitrogens with zero attached hydrogens (tertiary/aromatic N) is 6. The second kappa shape index (κ2) is 9.19. The first-order valence-corrected chi connectivity index (χ1v) is 11.8. The summed E-state index contributed by atoms with van der Waals surface area (Å²) >= 11 is 6.68. The summed E-state index contributed by atoms with van der Waals surface area (Å²) in [6.07, 6.45) is 5.64. The van der Waals surface area contributed by atoms with Crippen LogP contribution in [0, 0.1) is 6.92 Å². The first kappa shape index (κ1) is 22.6. The van der Waals surface area contributed by atoms with E-state index in [0.29, 0.717) is 28.8 Å². The van der Waals surface area contributed by atoms with Crippen LogP contribution in [-0.4, -0.2) is 47.6 Å². The van der Waals surface area contributed by atoms with Crippen molar-refractivity contribution in [2.24, 2.45) is 0 Å². The van der Waals surface area contributed by atoms with Gasteiger partial charge in [0.2, 0.25) is 5.88 Å². The molecule has 5 rings (SSSR count). The average Bonchev–Trinajstić information content (AvgIpc) is 3.45. The zero-order valence-electron chi connectivity index (χ0n) is 19.4. The quantitative estimate of drug-likeness (QED) is 0.443. The molecule has 176 valence electrons. The van der Waals surface area contributed by atoms with Gasteiger partial charge in [0.05, 0.1) is 25.2 Å². The van der Waals surface area contributed by atoms with E-state index in [4.69, 9.17) is 31.4 Å². The van der Waals surface area contributed by atoms with Gasteiger partial charge in [0.15, 0.2) is 5.82 Å². The number of aliphatic hydroxyl groups is 1. The van der Waals surface area contributed by atoms with E-state index >= 15 is 0 Å². The van der Waals surface area contributed by atoms with E-state index in [1.807, 2.05) is 52.7 Å². The first-order valence-electron chi connectivity index (χ1n) is 11.4. The summed E-state index contributed by atoms with van der Waals surface area (Å²) < 4.78 is 9.41. The minimum absolute atomic E-state index is 0.00698. The Balaban J connectivity index is 1.54. The number of ether oxygens (including phenoxy) is 1. The minimum Gasteiger partial charge on any atom is -0.479 e. The monoisotopic (exact) mass is 478 g/mol. The van der Waals surface area contributed by atoms with Gasteiger partial charge in [0.25, 0.3) is 0 Å². The van der Waals surface area contributed by atoms with E-state index < -0.39 is 6.10 Å². The lowest BCUT2D eigenvalue weighted by Gasteiger charge is -2.25. The first-order chi connectivity index (χ1) is 16.4. The molecule has 9 heteroatoms. The molecule has 0 bridgehead atoms. The SMILES string of the molecule is COc1nc(-c2nc3n(n2)CCCC3c2c(Cl)cccc2CC(C)O)ccc1-n1cnc(C)c1. The topological polar surface area (TPSA) is 90.9 Å². The highest BCUT2D eigenvalue weighted by molar-refractivity contribution is 6.31. The second-order valence-corrected chi connectivity index (χ2v) is 9.13. The predicted octanol–water partition coefficient (Wildman–Crippen LogP) is 4.35. The number of hydrogen-bond donors (Lipinski definition) is 1. The number of aromatic nitrogens is 6. The number of hydrogen-bond acceptors (Lipinski definition) is 6. The number of pyridine rings is 1. The van der Waals surface area contributed by atoms with Gasteiger partial charge >= 0.3 is 0 Å². The summed E-state index contributed by atoms with van der Waals surface area (Å²) in [6, 6.07) is 9.71. The largest absolute Gasteiger partial charge is 0.479 e. The van der Waals surface area contributed by atoms with Crippen LogP contribution in [0.1, 0.15) is 48.3 Å². The van der Waals surface area contributed by atoms with Gasteiger partial charge in [0, 0.05) is 23.7 Å². The Morgan fingerprint density at radius 3 is 2.82 bits per heavy atom. The maximum Gasteiger partial charge on any atom is 0.238 e. The van der Waals surface area contributed by atoms with Crippen LogP contribution in [0.5, 0.6) is 5.88 Å². The van der Waals surface area contributed by atoms with Crippen LogP contribution in [0.15, 0.2) is 42.9 Å². The van der Waals surface area contributed by atoms with Gasteiger partial charge in [-0.05, 0) is 62.4 Å². The predicted molar refractivity (Wildman–Crippen MR) is 130 cm³/mol. The Kier molecular flexibility index (Phi) is 6.10. The number of fused-ring (bicyclic) bond motifs is 1. The van der Waals surface area contributed by atoms with Crippen LogP contribution in [0.2, 0.25) is 5.02 Å². The van der Waals surface area contributed by atoms with Crippen LogP contribution < -0.4 is 4.74 Å². The molecule has 2 unspecified atom stereocenters. The molecule has 8 nitrogen and oxygen atoms in total. The Bertz CT molecular complexity index is 1330. The van der Waals surface area contributed by atoms with Gasteiger partial charge in [-0.15, -0.1) is 5.10 Å². The van der Waals surface area contributed by atoms with Crippen molar-refractivity contribution < 1.29 is 9.84 Å². The van der Waals surface area contributed by atoms with Gasteiger partial charge in [-0.25, -0.2) is 19.6 Å². The van der Waals surface area contributed by atoms with E-state index in [9.17, 15) is 5.11 Å². The van der Waals surface area contributed by atoms with Gasteiger partial charge < -0.3 is 14.4 Å². The lowest BCUT2D eigenvalue weighted by Crippen LogP contribution is -2.20. The lowest BCUT2D eigenvalue weighted by molar-refractivity contribution is 0.195. The van der Waals surface area contributed by atoms with Gasteiger partial charge in [0.1, 0.15) is 17.2 Å². The van der Waals surface area contributed by atoms with Crippen molar-refractivity contribution in [1.29, 1.82) is 0 Å². The molecule has 0 aliphatic carbocycles. The maximum atomic E-state index is 10.0. The van der Waals surface area contributed by atoms with E-state index in [1.165, 1.54) is 0 Å². The Hall–Kier alpha value is -3.23. The Labute approximate surface area is 203 Å². The highest BCUT2D eigenvalue weighted by Crippen LogP contribution is 2.39. The molecule has 0 amide bonds. The number of aliphatic hydroxyl groups excluding tert-OH is 1. The molecule has 0 fully saturated rings. The average molecular weight is 479 g/mol. The van der Waals surface area contributed by atoms with Crippen molar-refractivity contribution in [2.45, 2.75) is 51.7 Å². The fourth-order valence-electron chi connectivity index (χ4n) is 4.66. The molecule has 0 radical (unpaired) electrons. The highest BCUT2D eigenvalue weighted by Gasteiger charge is 2.30. The number of benzene rings is 1. The molecule has 1 aliphatic heterocycles. The van der Waals surface area contributed by atoms with Crippen molar-refractivity contribution in [3.05, 3.63) is 70.5 Å². The third kappa shape index (κ3) is 4.19. The molecule has 0 saturated heterocycles. The van der Waals surface area contributed by atoms with Crippen molar-refractivity contribution in [1.82, 2.24) is 29.3 Å². The molecule has 3 aromatic heterocycles. The fourth-order valence-corrected chi connectivity index (χ4v) is 4.98. The third-order valence-electron chi connectivity index (χ3n) is 6.13. The number of methoxy groups -OCH3 is 1. The normalized spacial score (nSPS) is 16.3. The Morgan fingerprint density at radius 1 is 1.24 bits per heavy atom. The van der Waals surface area contributed by atoms with E-state index in [-0.39, 0.29) is 5.92 Å². The molecule has 0 spiro atoms. The summed E-state index contributed by atoms with van der Waals surface area (Å²) in [5.74, 6) is 1.91. The van der Waals surface area contributed by atoms with Crippen LogP contribution >= 0.6 is 11.6 Å². The number of halogens is 1. The smallest absolute Gasteiger partial charge is 0.238 e. The lowest BCUT2D eigenvalue weighted by atomic mass is 9.86. The van der Waals surface area contributed by atoms with Crippen LogP contribution in [0.4, 0.5) is 0 Å². The summed E-state index contributed by atoms with van der Waals surface area (Å²) in [6.45, 7) is 4.52. The van der Waals surface area contributed by atoms with E-state index in [1.54, 1.807) is 20.4 Å². The van der Waals surface area contributed by atoms with Gasteiger partial charge in [-0.1, -0.05) is 23.7 Å². The molecule has 4 heterocycles. The minimum atomic E-state index is -0.455. The van der Waals surface area contributed by atoms with E-state index in [2.05, 4.69) is 4.98 Å². The summed E-state index contributed by atoms with van der Waals surface area (Å²) in [4.78, 5) is 13.9. The van der Waals surface area contributed by atoms with Crippen LogP contribution in [-0.2, 0) is 13.0 Å².